The summed E-state index contributed by atoms with van der Waals surface area (Å²) in [6.45, 7) is 8.30. The Morgan fingerprint density at radius 2 is 1.95 bits per heavy atom. The number of halogens is 3. The van der Waals surface area contributed by atoms with Crippen LogP contribution in [0, 0.1) is 12.7 Å². The van der Waals surface area contributed by atoms with Crippen molar-refractivity contribution in [3.63, 3.8) is 0 Å². The minimum Gasteiger partial charge on any atom is -0.444 e. The van der Waals surface area contributed by atoms with Crippen molar-refractivity contribution in [3.8, 4) is 11.5 Å². The first kappa shape index (κ1) is 25.2. The Morgan fingerprint density at radius 1 is 1.16 bits per heavy atom. The number of fused-ring (bicyclic) bond motifs is 1. The summed E-state index contributed by atoms with van der Waals surface area (Å²) in [6, 6.07) is 10.6. The van der Waals surface area contributed by atoms with Gasteiger partial charge in [0.05, 0.1) is 24.8 Å². The first-order chi connectivity index (χ1) is 17.8. The van der Waals surface area contributed by atoms with Gasteiger partial charge in [-0.25, -0.2) is 9.37 Å². The van der Waals surface area contributed by atoms with Gasteiger partial charge in [0.15, 0.2) is 11.5 Å². The zero-order chi connectivity index (χ0) is 25.7. The van der Waals surface area contributed by atoms with E-state index in [4.69, 9.17) is 30.8 Å². The van der Waals surface area contributed by atoms with Crippen LogP contribution in [0.1, 0.15) is 54.7 Å². The zero-order valence-electron chi connectivity index (χ0n) is 21.0. The lowest BCUT2D eigenvalue weighted by Gasteiger charge is -2.33. The van der Waals surface area contributed by atoms with Crippen LogP contribution in [-0.4, -0.2) is 40.3 Å². The summed E-state index contributed by atoms with van der Waals surface area (Å²) in [7, 11) is 0. The Kier molecular flexibility index (Phi) is 6.72. The van der Waals surface area contributed by atoms with Gasteiger partial charge in [0, 0.05) is 29.8 Å². The van der Waals surface area contributed by atoms with Crippen molar-refractivity contribution >= 4 is 27.5 Å². The van der Waals surface area contributed by atoms with Crippen molar-refractivity contribution in [2.45, 2.75) is 64.0 Å². The van der Waals surface area contributed by atoms with E-state index in [1.807, 2.05) is 12.1 Å². The van der Waals surface area contributed by atoms with Crippen LogP contribution in [0.2, 0.25) is 5.02 Å². The highest BCUT2D eigenvalue weighted by atomic mass is 79.9. The van der Waals surface area contributed by atoms with Crippen molar-refractivity contribution in [2.24, 2.45) is 0 Å². The van der Waals surface area contributed by atoms with Crippen LogP contribution in [0.25, 0.3) is 0 Å². The smallest absolute Gasteiger partial charge is 0.278 e. The lowest BCUT2D eigenvalue weighted by atomic mass is 9.88. The van der Waals surface area contributed by atoms with Crippen LogP contribution in [0.5, 0.6) is 11.5 Å². The molecule has 6 rings (SSSR count). The van der Waals surface area contributed by atoms with Crippen LogP contribution in [0.4, 0.5) is 4.39 Å². The van der Waals surface area contributed by atoms with Gasteiger partial charge < -0.3 is 18.8 Å². The topological polar surface area (TPSA) is 48.8 Å². The molecule has 3 aliphatic heterocycles. The highest BCUT2D eigenvalue weighted by Gasteiger charge is 2.43. The second-order valence-corrected chi connectivity index (χ2v) is 11.5. The number of hydrogen-bond acceptors (Lipinski definition) is 5. The van der Waals surface area contributed by atoms with Crippen molar-refractivity contribution in [3.05, 3.63) is 74.5 Å². The van der Waals surface area contributed by atoms with Crippen LogP contribution in [0.3, 0.4) is 0 Å². The molecule has 2 saturated heterocycles. The third-order valence-corrected chi connectivity index (χ3v) is 8.83. The number of piperidine rings is 1. The molecule has 9 heteroatoms. The van der Waals surface area contributed by atoms with Gasteiger partial charge in [0.25, 0.3) is 5.79 Å². The molecule has 6 nitrogen and oxygen atoms in total. The first-order valence-electron chi connectivity index (χ1n) is 12.8. The second-order valence-electron chi connectivity index (χ2n) is 10.3. The lowest BCUT2D eigenvalue weighted by molar-refractivity contribution is -0.0712. The summed E-state index contributed by atoms with van der Waals surface area (Å²) in [5.41, 5.74) is 2.60. The summed E-state index contributed by atoms with van der Waals surface area (Å²) in [4.78, 5) is 7.27. The molecule has 196 valence electrons. The molecule has 3 aliphatic rings. The Hall–Kier alpha value is -2.13. The number of ether oxygens (including phenoxy) is 3. The fourth-order valence-corrected chi connectivity index (χ4v) is 6.17. The molecular weight excluding hydrogens is 561 g/mol. The van der Waals surface area contributed by atoms with Gasteiger partial charge in [-0.15, -0.1) is 0 Å². The summed E-state index contributed by atoms with van der Waals surface area (Å²) in [5.74, 6) is 1.10. The minimum atomic E-state index is -1.24. The summed E-state index contributed by atoms with van der Waals surface area (Å²) in [5, 5.41) is 0.342. The Balaban J connectivity index is 1.15. The van der Waals surface area contributed by atoms with Gasteiger partial charge in [-0.3, -0.25) is 4.90 Å². The van der Waals surface area contributed by atoms with Crippen molar-refractivity contribution in [2.75, 3.05) is 19.7 Å². The molecule has 0 spiro atoms. The zero-order valence-corrected chi connectivity index (χ0v) is 23.3. The Labute approximate surface area is 229 Å². The SMILES string of the molecule is Cc1c(Br)nc(CN2CCC(c3cccc4c3O[C@@](C)(c3ccc(Cl)cc3F)O4)CC2)n1C[C@@H]1CCO1. The van der Waals surface area contributed by atoms with E-state index in [-0.39, 0.29) is 0 Å². The molecule has 0 N–H and O–H groups in total. The maximum Gasteiger partial charge on any atom is 0.278 e. The number of aromatic nitrogens is 2. The van der Waals surface area contributed by atoms with E-state index < -0.39 is 11.6 Å². The van der Waals surface area contributed by atoms with Gasteiger partial charge in [-0.2, -0.15) is 0 Å². The predicted octanol–water partition coefficient (Wildman–Crippen LogP) is 6.56. The molecule has 0 amide bonds. The average Bonchev–Trinajstić information content (AvgIpc) is 3.32. The average molecular weight is 591 g/mol. The lowest BCUT2D eigenvalue weighted by Crippen LogP contribution is -2.35. The quantitative estimate of drug-likeness (QED) is 0.326. The maximum absolute atomic E-state index is 14.7. The number of rotatable bonds is 6. The van der Waals surface area contributed by atoms with Crippen LogP contribution < -0.4 is 9.47 Å². The fourth-order valence-electron chi connectivity index (χ4n) is 5.59. The molecule has 0 radical (unpaired) electrons. The molecule has 0 saturated carbocycles. The van der Waals surface area contributed by atoms with Crippen molar-refractivity contribution < 1.29 is 18.6 Å². The number of para-hydroxylation sites is 1. The van der Waals surface area contributed by atoms with Gasteiger partial charge in [0.1, 0.15) is 16.2 Å². The third-order valence-electron chi connectivity index (χ3n) is 7.85. The molecule has 4 heterocycles. The van der Waals surface area contributed by atoms with E-state index >= 15 is 0 Å². The summed E-state index contributed by atoms with van der Waals surface area (Å²) >= 11 is 9.57. The normalized spacial score (nSPS) is 23.9. The van der Waals surface area contributed by atoms with Crippen molar-refractivity contribution in [1.29, 1.82) is 0 Å². The van der Waals surface area contributed by atoms with Gasteiger partial charge in [0.2, 0.25) is 0 Å². The fraction of sp³-hybridized carbons (Fsp3) is 0.464. The molecule has 2 fully saturated rings. The molecule has 2 aromatic carbocycles. The van der Waals surface area contributed by atoms with E-state index in [2.05, 4.69) is 38.4 Å². The molecule has 0 unspecified atom stereocenters. The highest BCUT2D eigenvalue weighted by Crippen LogP contribution is 2.49. The minimum absolute atomic E-state index is 0.290. The van der Waals surface area contributed by atoms with Gasteiger partial charge in [-0.05, 0) is 85.4 Å². The third kappa shape index (κ3) is 4.78. The predicted molar refractivity (Wildman–Crippen MR) is 143 cm³/mol. The molecular formula is C28H30BrClFN3O3. The van der Waals surface area contributed by atoms with Crippen LogP contribution >= 0.6 is 27.5 Å². The van der Waals surface area contributed by atoms with E-state index in [9.17, 15) is 4.39 Å². The molecule has 2 atom stereocenters. The summed E-state index contributed by atoms with van der Waals surface area (Å²) in [6.07, 6.45) is 3.40. The molecule has 0 bridgehead atoms. The second kappa shape index (κ2) is 9.88. The molecule has 37 heavy (non-hydrogen) atoms. The highest BCUT2D eigenvalue weighted by molar-refractivity contribution is 9.10. The monoisotopic (exact) mass is 589 g/mol. The Bertz CT molecular complexity index is 1320. The molecule has 0 aliphatic carbocycles. The van der Waals surface area contributed by atoms with Crippen molar-refractivity contribution in [1.82, 2.24) is 14.5 Å². The number of imidazole rings is 1. The van der Waals surface area contributed by atoms with Crippen LogP contribution in [0.15, 0.2) is 41.0 Å². The first-order valence-corrected chi connectivity index (χ1v) is 14.0. The molecule has 3 aromatic rings. The number of nitrogens with zero attached hydrogens (tertiary/aromatic N) is 3. The number of benzene rings is 2. The molecule has 1 aromatic heterocycles. The largest absolute Gasteiger partial charge is 0.444 e. The van der Waals surface area contributed by atoms with Gasteiger partial charge >= 0.3 is 0 Å². The van der Waals surface area contributed by atoms with Gasteiger partial charge in [-0.1, -0.05) is 23.7 Å². The van der Waals surface area contributed by atoms with E-state index in [0.717, 1.165) is 73.7 Å². The number of likely N-dealkylation sites (tertiary alicyclic amines) is 1. The van der Waals surface area contributed by atoms with E-state index in [1.54, 1.807) is 19.1 Å². The Morgan fingerprint density at radius 3 is 2.65 bits per heavy atom. The standard InChI is InChI=1S/C28H30BrClFN3O3/c1-17-27(29)32-25(34(17)15-20-10-13-35-20)16-33-11-8-18(9-12-33)21-4-3-5-24-26(21)37-28(2,36-24)22-7-6-19(30)14-23(22)31/h3-7,14,18,20H,8-13,15-16H2,1-2H3/t20-,28-/m0/s1. The van der Waals surface area contributed by atoms with E-state index in [0.29, 0.717) is 34.1 Å². The maximum atomic E-state index is 14.7. The van der Waals surface area contributed by atoms with E-state index in [1.165, 1.54) is 6.07 Å². The summed E-state index contributed by atoms with van der Waals surface area (Å²) < 4.78 is 36.1. The van der Waals surface area contributed by atoms with Crippen LogP contribution in [-0.2, 0) is 23.6 Å². The number of hydrogen-bond donors (Lipinski definition) is 0.